The van der Waals surface area contributed by atoms with Gasteiger partial charge < -0.3 is 10.4 Å². The van der Waals surface area contributed by atoms with Crippen molar-refractivity contribution >= 4 is 17.3 Å². The standard InChI is InChI=1S/C11H16N2O2S/c1-6-9(8(12-2)11(14)15)16-10(13-6)7-4-3-5-7/h7-8,12H,3-5H2,1-2H3,(H,14,15). The lowest BCUT2D eigenvalue weighted by molar-refractivity contribution is -0.139. The van der Waals surface area contributed by atoms with E-state index in [2.05, 4.69) is 10.3 Å². The molecule has 0 saturated heterocycles. The highest BCUT2D eigenvalue weighted by atomic mass is 32.1. The van der Waals surface area contributed by atoms with Gasteiger partial charge in [-0.25, -0.2) is 4.98 Å². The first-order valence-corrected chi connectivity index (χ1v) is 6.32. The molecule has 1 saturated carbocycles. The van der Waals surface area contributed by atoms with Crippen molar-refractivity contribution in [2.45, 2.75) is 38.1 Å². The van der Waals surface area contributed by atoms with Gasteiger partial charge in [-0.15, -0.1) is 11.3 Å². The van der Waals surface area contributed by atoms with Gasteiger partial charge in [0.2, 0.25) is 0 Å². The van der Waals surface area contributed by atoms with Crippen LogP contribution in [0, 0.1) is 6.92 Å². The molecule has 4 nitrogen and oxygen atoms in total. The Hall–Kier alpha value is -0.940. The van der Waals surface area contributed by atoms with E-state index in [9.17, 15) is 4.79 Å². The van der Waals surface area contributed by atoms with E-state index in [0.29, 0.717) is 5.92 Å². The Balaban J connectivity index is 2.25. The van der Waals surface area contributed by atoms with Crippen LogP contribution in [0.5, 0.6) is 0 Å². The average molecular weight is 240 g/mol. The molecule has 1 aliphatic carbocycles. The molecular weight excluding hydrogens is 224 g/mol. The lowest BCUT2D eigenvalue weighted by atomic mass is 9.86. The summed E-state index contributed by atoms with van der Waals surface area (Å²) in [5.74, 6) is -0.266. The Kier molecular flexibility index (Phi) is 3.25. The van der Waals surface area contributed by atoms with Crippen LogP contribution in [0.3, 0.4) is 0 Å². The Bertz CT molecular complexity index is 399. The van der Waals surface area contributed by atoms with Gasteiger partial charge in [-0.3, -0.25) is 4.79 Å². The van der Waals surface area contributed by atoms with Crippen LogP contribution < -0.4 is 5.32 Å². The molecule has 1 atom stereocenters. The van der Waals surface area contributed by atoms with Crippen molar-refractivity contribution in [3.63, 3.8) is 0 Å². The molecule has 1 unspecified atom stereocenters. The number of carboxylic acids is 1. The summed E-state index contributed by atoms with van der Waals surface area (Å²) in [6, 6.07) is -0.619. The summed E-state index contributed by atoms with van der Waals surface area (Å²) in [7, 11) is 1.67. The summed E-state index contributed by atoms with van der Waals surface area (Å²) in [6.45, 7) is 1.89. The van der Waals surface area contributed by atoms with Crippen molar-refractivity contribution in [2.24, 2.45) is 0 Å². The minimum absolute atomic E-state index is 0.573. The minimum Gasteiger partial charge on any atom is -0.480 e. The number of nitrogens with zero attached hydrogens (tertiary/aromatic N) is 1. The number of aryl methyl sites for hydroxylation is 1. The number of hydrogen-bond donors (Lipinski definition) is 2. The van der Waals surface area contributed by atoms with Crippen LogP contribution in [0.2, 0.25) is 0 Å². The second-order valence-electron chi connectivity index (χ2n) is 4.19. The topological polar surface area (TPSA) is 62.2 Å². The predicted molar refractivity (Wildman–Crippen MR) is 62.9 cm³/mol. The molecule has 1 aromatic heterocycles. The maximum atomic E-state index is 11.1. The third kappa shape index (κ3) is 1.97. The molecule has 1 heterocycles. The number of aliphatic carboxylic acids is 1. The van der Waals surface area contributed by atoms with Crippen LogP contribution >= 0.6 is 11.3 Å². The smallest absolute Gasteiger partial charge is 0.326 e. The number of rotatable bonds is 4. The van der Waals surface area contributed by atoms with E-state index in [-0.39, 0.29) is 0 Å². The first-order chi connectivity index (χ1) is 7.63. The van der Waals surface area contributed by atoms with E-state index in [1.807, 2.05) is 6.92 Å². The second-order valence-corrected chi connectivity index (χ2v) is 5.25. The van der Waals surface area contributed by atoms with Crippen molar-refractivity contribution in [3.8, 4) is 0 Å². The van der Waals surface area contributed by atoms with Gasteiger partial charge in [0.1, 0.15) is 6.04 Å². The number of thiazole rings is 1. The first-order valence-electron chi connectivity index (χ1n) is 5.50. The highest BCUT2D eigenvalue weighted by Gasteiger charge is 2.28. The van der Waals surface area contributed by atoms with E-state index < -0.39 is 12.0 Å². The highest BCUT2D eigenvalue weighted by Crippen LogP contribution is 2.40. The van der Waals surface area contributed by atoms with Gasteiger partial charge in [0, 0.05) is 5.92 Å². The van der Waals surface area contributed by atoms with Gasteiger partial charge in [-0.2, -0.15) is 0 Å². The molecular formula is C11H16N2O2S. The molecule has 0 bridgehead atoms. The number of hydrogen-bond acceptors (Lipinski definition) is 4. The van der Waals surface area contributed by atoms with Crippen molar-refractivity contribution < 1.29 is 9.90 Å². The lowest BCUT2D eigenvalue weighted by Crippen LogP contribution is -2.24. The average Bonchev–Trinajstić information content (AvgIpc) is 2.45. The highest BCUT2D eigenvalue weighted by molar-refractivity contribution is 7.12. The minimum atomic E-state index is -0.839. The van der Waals surface area contributed by atoms with Crippen LogP contribution in [0.1, 0.15) is 46.8 Å². The fourth-order valence-electron chi connectivity index (χ4n) is 1.89. The third-order valence-electron chi connectivity index (χ3n) is 3.10. The quantitative estimate of drug-likeness (QED) is 0.845. The second kappa shape index (κ2) is 4.51. The van der Waals surface area contributed by atoms with Gasteiger partial charge in [0.15, 0.2) is 0 Å². The zero-order valence-corrected chi connectivity index (χ0v) is 10.3. The monoisotopic (exact) mass is 240 g/mol. The summed E-state index contributed by atoms with van der Waals surface area (Å²) in [5, 5.41) is 13.0. The Labute approximate surface area is 98.7 Å². The summed E-state index contributed by atoms with van der Waals surface area (Å²) in [5.41, 5.74) is 0.855. The van der Waals surface area contributed by atoms with E-state index in [0.717, 1.165) is 15.6 Å². The van der Waals surface area contributed by atoms with Crippen molar-refractivity contribution in [1.29, 1.82) is 0 Å². The van der Waals surface area contributed by atoms with Gasteiger partial charge in [-0.05, 0) is 26.8 Å². The van der Waals surface area contributed by atoms with Gasteiger partial charge in [-0.1, -0.05) is 6.42 Å². The fourth-order valence-corrected chi connectivity index (χ4v) is 3.23. The molecule has 16 heavy (non-hydrogen) atoms. The Morgan fingerprint density at radius 2 is 2.31 bits per heavy atom. The third-order valence-corrected chi connectivity index (χ3v) is 4.49. The molecule has 2 N–H and O–H groups in total. The zero-order chi connectivity index (χ0) is 11.7. The van der Waals surface area contributed by atoms with Crippen molar-refractivity contribution in [2.75, 3.05) is 7.05 Å². The van der Waals surface area contributed by atoms with E-state index in [1.54, 1.807) is 18.4 Å². The van der Waals surface area contributed by atoms with Gasteiger partial charge in [0.05, 0.1) is 15.6 Å². The Morgan fingerprint density at radius 1 is 1.62 bits per heavy atom. The van der Waals surface area contributed by atoms with Crippen molar-refractivity contribution in [3.05, 3.63) is 15.6 Å². The molecule has 1 aromatic rings. The van der Waals surface area contributed by atoms with Crippen LogP contribution in [-0.4, -0.2) is 23.1 Å². The number of carboxylic acid groups (broad SMARTS) is 1. The van der Waals surface area contributed by atoms with Gasteiger partial charge >= 0.3 is 5.97 Å². The summed E-state index contributed by atoms with van der Waals surface area (Å²) < 4.78 is 0. The molecule has 0 spiro atoms. The number of aromatic nitrogens is 1. The van der Waals surface area contributed by atoms with Gasteiger partial charge in [0.25, 0.3) is 0 Å². The molecule has 1 fully saturated rings. The summed E-state index contributed by atoms with van der Waals surface area (Å²) in [6.07, 6.45) is 3.67. The number of nitrogens with one attached hydrogen (secondary N) is 1. The molecule has 88 valence electrons. The van der Waals surface area contributed by atoms with Crippen LogP contribution in [0.25, 0.3) is 0 Å². The summed E-state index contributed by atoms with van der Waals surface area (Å²) >= 11 is 1.55. The predicted octanol–water partition coefficient (Wildman–Crippen LogP) is 2.06. The largest absolute Gasteiger partial charge is 0.480 e. The molecule has 2 rings (SSSR count). The van der Waals surface area contributed by atoms with Crippen molar-refractivity contribution in [1.82, 2.24) is 10.3 Å². The molecule has 0 radical (unpaired) electrons. The number of carbonyl (C=O) groups is 1. The van der Waals surface area contributed by atoms with E-state index >= 15 is 0 Å². The van der Waals surface area contributed by atoms with Crippen LogP contribution in [-0.2, 0) is 4.79 Å². The number of likely N-dealkylation sites (N-methyl/N-ethyl adjacent to an activating group) is 1. The maximum Gasteiger partial charge on any atom is 0.326 e. The molecule has 0 aromatic carbocycles. The lowest BCUT2D eigenvalue weighted by Gasteiger charge is -2.22. The van der Waals surface area contributed by atoms with E-state index in [1.165, 1.54) is 19.3 Å². The molecule has 5 heteroatoms. The molecule has 0 aliphatic heterocycles. The first kappa shape index (κ1) is 11.5. The molecule has 1 aliphatic rings. The van der Waals surface area contributed by atoms with Crippen LogP contribution in [0.4, 0.5) is 0 Å². The zero-order valence-electron chi connectivity index (χ0n) is 9.49. The maximum absolute atomic E-state index is 11.1. The normalized spacial score (nSPS) is 18.1. The fraction of sp³-hybridized carbons (Fsp3) is 0.636. The molecule has 0 amide bonds. The summed E-state index contributed by atoms with van der Waals surface area (Å²) in [4.78, 5) is 16.4. The van der Waals surface area contributed by atoms with Crippen LogP contribution in [0.15, 0.2) is 0 Å². The Morgan fingerprint density at radius 3 is 2.75 bits per heavy atom. The SMILES string of the molecule is CNC(C(=O)O)c1sc(C2CCC2)nc1C. The van der Waals surface area contributed by atoms with E-state index in [4.69, 9.17) is 5.11 Å².